The average Bonchev–Trinajstić information content (AvgIpc) is 3.44. The molecule has 2 unspecified atom stereocenters. The SMILES string of the molecule is CCCCCCCCc1ccc(C(=O)NNC(=O)C(C)SCCC(=O)NNC(=O)c2cc(Cc3ccc(O)c(C(=O)NNC(=O)CCSC(C)C(=O)NNC(=O)c4ccc(CCCCCCCC)cc4O)c3)ccc2O)c(O)c1. The zero-order chi connectivity index (χ0) is 57.7. The number of aryl methyl sites for hydroxylation is 2. The summed E-state index contributed by atoms with van der Waals surface area (Å²) < 4.78 is 0. The van der Waals surface area contributed by atoms with Crippen LogP contribution in [0.3, 0.4) is 0 Å². The minimum atomic E-state index is -0.832. The molecule has 0 heterocycles. The number of hydrogen-bond acceptors (Lipinski definition) is 14. The number of hydrogen-bond donors (Lipinski definition) is 12. The monoisotopic (exact) mass is 1130 g/mol. The molecule has 20 nitrogen and oxygen atoms in total. The summed E-state index contributed by atoms with van der Waals surface area (Å²) in [6, 6.07) is 18.1. The number of amides is 8. The Morgan fingerprint density at radius 1 is 0.392 bits per heavy atom. The molecule has 4 rings (SSSR count). The Bertz CT molecular complexity index is 2540. The van der Waals surface area contributed by atoms with Gasteiger partial charge in [-0.05, 0) is 117 Å². The predicted octanol–water partition coefficient (Wildman–Crippen LogP) is 7.37. The van der Waals surface area contributed by atoms with Gasteiger partial charge in [0, 0.05) is 24.3 Å². The predicted molar refractivity (Wildman–Crippen MR) is 305 cm³/mol. The van der Waals surface area contributed by atoms with Crippen LogP contribution < -0.4 is 43.4 Å². The van der Waals surface area contributed by atoms with Gasteiger partial charge in [-0.2, -0.15) is 0 Å². The third-order valence-electron chi connectivity index (χ3n) is 12.6. The molecule has 0 aliphatic carbocycles. The number of benzene rings is 4. The molecule has 8 amide bonds. The molecule has 0 fully saturated rings. The minimum Gasteiger partial charge on any atom is -0.507 e. The van der Waals surface area contributed by atoms with Crippen molar-refractivity contribution in [2.24, 2.45) is 0 Å². The molecule has 4 aromatic rings. The van der Waals surface area contributed by atoms with E-state index in [0.717, 1.165) is 86.0 Å². The fraction of sp³-hybridized carbons (Fsp3) is 0.439. The van der Waals surface area contributed by atoms with Gasteiger partial charge in [0.15, 0.2) is 0 Å². The van der Waals surface area contributed by atoms with Gasteiger partial charge in [-0.25, -0.2) is 0 Å². The molecule has 0 spiro atoms. The second-order valence-electron chi connectivity index (χ2n) is 19.0. The van der Waals surface area contributed by atoms with E-state index in [1.54, 1.807) is 38.1 Å². The molecule has 22 heteroatoms. The number of nitrogens with one attached hydrogen (secondary N) is 8. The van der Waals surface area contributed by atoms with E-state index in [2.05, 4.69) is 57.3 Å². The van der Waals surface area contributed by atoms with Crippen molar-refractivity contribution in [2.75, 3.05) is 11.5 Å². The van der Waals surface area contributed by atoms with E-state index in [-0.39, 0.29) is 76.0 Å². The molecule has 0 aromatic heterocycles. The highest BCUT2D eigenvalue weighted by Crippen LogP contribution is 2.25. The first kappa shape index (κ1) is 64.1. The zero-order valence-corrected chi connectivity index (χ0v) is 47.0. The maximum Gasteiger partial charge on any atom is 0.273 e. The van der Waals surface area contributed by atoms with Gasteiger partial charge in [0.05, 0.1) is 32.8 Å². The number of aromatic hydroxyl groups is 4. The van der Waals surface area contributed by atoms with Crippen LogP contribution in [-0.2, 0) is 38.4 Å². The van der Waals surface area contributed by atoms with E-state index in [0.29, 0.717) is 11.1 Å². The van der Waals surface area contributed by atoms with Crippen LogP contribution in [0.1, 0.15) is 181 Å². The molecule has 0 bridgehead atoms. The molecule has 12 N–H and O–H groups in total. The van der Waals surface area contributed by atoms with E-state index in [4.69, 9.17) is 0 Å². The van der Waals surface area contributed by atoms with Crippen molar-refractivity contribution in [1.82, 2.24) is 43.4 Å². The molecule has 2 atom stereocenters. The van der Waals surface area contributed by atoms with Gasteiger partial charge < -0.3 is 20.4 Å². The fourth-order valence-electron chi connectivity index (χ4n) is 7.95. The Balaban J connectivity index is 1.13. The van der Waals surface area contributed by atoms with Gasteiger partial charge >= 0.3 is 0 Å². The molecule has 79 heavy (non-hydrogen) atoms. The van der Waals surface area contributed by atoms with Crippen LogP contribution in [0.2, 0.25) is 0 Å². The normalized spacial score (nSPS) is 11.6. The lowest BCUT2D eigenvalue weighted by Crippen LogP contribution is -2.45. The number of phenols is 4. The standard InChI is InChI=1S/C57H76N8O12S2/c1-5-7-9-11-13-15-17-38-19-23-42(48(68)34-38)54(74)64-60-52(72)36(3)78-29-27-50(70)58-62-56(76)44-32-40(21-25-46(44)66)31-41-22-26-47(67)45(33-41)57(77)63-59-51(71)28-30-79-37(4)53(73)61-65-55(75)43-24-20-39(35-49(43)69)18-16-14-12-10-8-6-2/h19-26,32-37,66-69H,5-18,27-31H2,1-4H3,(H,58,70)(H,59,71)(H,60,72)(H,61,73)(H,62,76)(H,63,77)(H,64,74)(H,65,75). The Morgan fingerprint density at radius 3 is 1.11 bits per heavy atom. The van der Waals surface area contributed by atoms with Crippen molar-refractivity contribution >= 4 is 70.8 Å². The van der Waals surface area contributed by atoms with Crippen molar-refractivity contribution in [3.05, 3.63) is 117 Å². The molecule has 4 aromatic carbocycles. The lowest BCUT2D eigenvalue weighted by molar-refractivity contribution is -0.122. The van der Waals surface area contributed by atoms with Crippen LogP contribution in [0.5, 0.6) is 23.0 Å². The largest absolute Gasteiger partial charge is 0.507 e. The van der Waals surface area contributed by atoms with Crippen molar-refractivity contribution in [3.63, 3.8) is 0 Å². The highest BCUT2D eigenvalue weighted by atomic mass is 32.2. The third-order valence-corrected chi connectivity index (χ3v) is 14.9. The number of carbonyl (C=O) groups is 8. The van der Waals surface area contributed by atoms with E-state index in [9.17, 15) is 58.8 Å². The van der Waals surface area contributed by atoms with E-state index < -0.39 is 57.8 Å². The van der Waals surface area contributed by atoms with E-state index in [1.165, 1.54) is 87.1 Å². The van der Waals surface area contributed by atoms with Gasteiger partial charge in [0.25, 0.3) is 35.4 Å². The topological polar surface area (TPSA) is 314 Å². The number of carbonyl (C=O) groups excluding carboxylic acids is 8. The smallest absolute Gasteiger partial charge is 0.273 e. The van der Waals surface area contributed by atoms with Gasteiger partial charge in [-0.3, -0.25) is 81.8 Å². The molecule has 0 aliphatic heterocycles. The van der Waals surface area contributed by atoms with Crippen LogP contribution in [0.4, 0.5) is 0 Å². The summed E-state index contributed by atoms with van der Waals surface area (Å²) in [5.74, 6) is -6.11. The second-order valence-corrected chi connectivity index (χ2v) is 21.9. The fourth-order valence-corrected chi connectivity index (χ4v) is 9.68. The summed E-state index contributed by atoms with van der Waals surface area (Å²) in [4.78, 5) is 102. The van der Waals surface area contributed by atoms with Crippen LogP contribution >= 0.6 is 23.5 Å². The molecular weight excluding hydrogens is 1050 g/mol. The maximum absolute atomic E-state index is 13.0. The second kappa shape index (κ2) is 34.4. The molecule has 0 radical (unpaired) electrons. The van der Waals surface area contributed by atoms with Gasteiger partial charge in [-0.15, -0.1) is 23.5 Å². The molecular formula is C57H76N8O12S2. The molecule has 0 saturated carbocycles. The summed E-state index contributed by atoms with van der Waals surface area (Å²) in [5.41, 5.74) is 20.9. The lowest BCUT2D eigenvalue weighted by atomic mass is 10.00. The summed E-state index contributed by atoms with van der Waals surface area (Å²) in [5, 5.41) is 40.5. The lowest BCUT2D eigenvalue weighted by Gasteiger charge is -2.14. The highest BCUT2D eigenvalue weighted by molar-refractivity contribution is 8.00. The molecule has 0 saturated heterocycles. The zero-order valence-electron chi connectivity index (χ0n) is 45.4. The quantitative estimate of drug-likeness (QED) is 0.0179. The molecule has 428 valence electrons. The Labute approximate surface area is 470 Å². The van der Waals surface area contributed by atoms with Crippen molar-refractivity contribution in [3.8, 4) is 23.0 Å². The van der Waals surface area contributed by atoms with Gasteiger partial charge in [0.1, 0.15) is 23.0 Å². The van der Waals surface area contributed by atoms with Gasteiger partial charge in [-0.1, -0.05) is 102 Å². The first-order valence-electron chi connectivity index (χ1n) is 26.8. The van der Waals surface area contributed by atoms with Crippen LogP contribution in [0.15, 0.2) is 72.8 Å². The Kier molecular flexibility index (Phi) is 27.9. The number of unbranched alkanes of at least 4 members (excludes halogenated alkanes) is 10. The summed E-state index contributed by atoms with van der Waals surface area (Å²) in [7, 11) is 0. The number of thioether (sulfide) groups is 2. The van der Waals surface area contributed by atoms with Crippen LogP contribution in [-0.4, -0.2) is 89.7 Å². The number of phenolic OH excluding ortho intramolecular Hbond substituents is 4. The van der Waals surface area contributed by atoms with E-state index in [1.807, 2.05) is 0 Å². The van der Waals surface area contributed by atoms with Crippen LogP contribution in [0, 0.1) is 0 Å². The minimum absolute atomic E-state index is 0.0113. The van der Waals surface area contributed by atoms with Crippen molar-refractivity contribution < 1.29 is 58.8 Å². The number of rotatable bonds is 30. The Hall–Kier alpha value is -7.46. The number of hydrazine groups is 4. The van der Waals surface area contributed by atoms with Crippen LogP contribution in [0.25, 0.3) is 0 Å². The molecule has 0 aliphatic rings. The van der Waals surface area contributed by atoms with E-state index >= 15 is 0 Å². The first-order chi connectivity index (χ1) is 37.9. The van der Waals surface area contributed by atoms with Crippen molar-refractivity contribution in [1.29, 1.82) is 0 Å². The summed E-state index contributed by atoms with van der Waals surface area (Å²) in [6.07, 6.45) is 15.2. The van der Waals surface area contributed by atoms with Crippen molar-refractivity contribution in [2.45, 2.75) is 147 Å². The third kappa shape index (κ3) is 22.8. The maximum atomic E-state index is 13.0. The summed E-state index contributed by atoms with van der Waals surface area (Å²) in [6.45, 7) is 7.50. The van der Waals surface area contributed by atoms with Gasteiger partial charge in [0.2, 0.25) is 11.8 Å². The first-order valence-corrected chi connectivity index (χ1v) is 28.9. The average molecular weight is 1130 g/mol. The summed E-state index contributed by atoms with van der Waals surface area (Å²) >= 11 is 2.24. The highest BCUT2D eigenvalue weighted by Gasteiger charge is 2.21. The Morgan fingerprint density at radius 2 is 0.734 bits per heavy atom.